The van der Waals surface area contributed by atoms with E-state index in [9.17, 15) is 5.11 Å². The van der Waals surface area contributed by atoms with Crippen LogP contribution in [0.2, 0.25) is 0 Å². The minimum atomic E-state index is -0.739. The molecule has 0 fully saturated rings. The number of alkyl halides is 1. The molecule has 11 heavy (non-hydrogen) atoms. The van der Waals surface area contributed by atoms with Gasteiger partial charge >= 0.3 is 0 Å². The molecule has 2 heteroatoms. The average molecular weight is 175 g/mol. The van der Waals surface area contributed by atoms with Gasteiger partial charge in [0.2, 0.25) is 0 Å². The highest BCUT2D eigenvalue weighted by Crippen LogP contribution is 2.34. The maximum atomic E-state index is 9.69. The Hall–Kier alpha value is -0.0100. The standard InChI is InChI=1S/C9H15ClO/c1-8(2)3-5-9(11,7-10)6-4-8/h3,5,11H,4,6-7H2,1-2H3. The SMILES string of the molecule is CC1(C)C=CC(O)(CCl)CC1. The molecule has 0 saturated heterocycles. The molecule has 1 unspecified atom stereocenters. The molecule has 0 aromatic heterocycles. The first kappa shape index (κ1) is 9.08. The molecular formula is C9H15ClO. The van der Waals surface area contributed by atoms with E-state index in [4.69, 9.17) is 11.6 Å². The second kappa shape index (κ2) is 2.80. The quantitative estimate of drug-likeness (QED) is 0.478. The Kier molecular flexibility index (Phi) is 2.31. The van der Waals surface area contributed by atoms with Gasteiger partial charge in [-0.05, 0) is 18.3 Å². The molecule has 1 atom stereocenters. The second-order valence-corrected chi connectivity index (χ2v) is 4.33. The lowest BCUT2D eigenvalue weighted by Gasteiger charge is -2.33. The minimum Gasteiger partial charge on any atom is -0.385 e. The zero-order chi connectivity index (χ0) is 8.54. The summed E-state index contributed by atoms with van der Waals surface area (Å²) < 4.78 is 0. The average Bonchev–Trinajstić information content (AvgIpc) is 1.97. The van der Waals surface area contributed by atoms with Crippen LogP contribution in [0.4, 0.5) is 0 Å². The normalized spacial score (nSPS) is 35.6. The van der Waals surface area contributed by atoms with Crippen LogP contribution in [0.25, 0.3) is 0 Å². The molecule has 1 aliphatic rings. The molecule has 1 rings (SSSR count). The molecule has 0 amide bonds. The van der Waals surface area contributed by atoms with Crippen molar-refractivity contribution < 1.29 is 5.11 Å². The third-order valence-corrected chi connectivity index (χ3v) is 2.74. The first-order chi connectivity index (χ1) is 4.97. The van der Waals surface area contributed by atoms with Crippen molar-refractivity contribution in [2.45, 2.75) is 32.3 Å². The van der Waals surface area contributed by atoms with E-state index in [2.05, 4.69) is 19.9 Å². The van der Waals surface area contributed by atoms with Crippen LogP contribution < -0.4 is 0 Å². The van der Waals surface area contributed by atoms with E-state index in [-0.39, 0.29) is 5.41 Å². The molecule has 0 spiro atoms. The highest BCUT2D eigenvalue weighted by molar-refractivity contribution is 6.18. The number of aliphatic hydroxyl groups is 1. The number of halogens is 1. The summed E-state index contributed by atoms with van der Waals surface area (Å²) in [5, 5.41) is 9.69. The van der Waals surface area contributed by atoms with Crippen molar-refractivity contribution in [3.8, 4) is 0 Å². The third kappa shape index (κ3) is 2.21. The molecule has 1 N–H and O–H groups in total. The highest BCUT2D eigenvalue weighted by atomic mass is 35.5. The number of allylic oxidation sites excluding steroid dienone is 1. The van der Waals surface area contributed by atoms with Crippen LogP contribution in [0, 0.1) is 5.41 Å². The highest BCUT2D eigenvalue weighted by Gasteiger charge is 2.30. The van der Waals surface area contributed by atoms with E-state index in [1.165, 1.54) is 0 Å². The Morgan fingerprint density at radius 1 is 1.36 bits per heavy atom. The monoisotopic (exact) mass is 174 g/mol. The van der Waals surface area contributed by atoms with Gasteiger partial charge in [-0.3, -0.25) is 0 Å². The predicted octanol–water partition coefficient (Wildman–Crippen LogP) is 2.33. The van der Waals surface area contributed by atoms with Gasteiger partial charge in [0.1, 0.15) is 0 Å². The summed E-state index contributed by atoms with van der Waals surface area (Å²) in [4.78, 5) is 0. The third-order valence-electron chi connectivity index (χ3n) is 2.28. The fourth-order valence-corrected chi connectivity index (χ4v) is 1.42. The maximum Gasteiger partial charge on any atom is 0.0963 e. The number of hydrogen-bond acceptors (Lipinski definition) is 1. The van der Waals surface area contributed by atoms with Crippen molar-refractivity contribution in [1.29, 1.82) is 0 Å². The molecule has 0 saturated carbocycles. The van der Waals surface area contributed by atoms with Crippen LogP contribution >= 0.6 is 11.6 Å². The molecular weight excluding hydrogens is 160 g/mol. The summed E-state index contributed by atoms with van der Waals surface area (Å²) in [7, 11) is 0. The largest absolute Gasteiger partial charge is 0.385 e. The summed E-state index contributed by atoms with van der Waals surface area (Å²) in [5.41, 5.74) is -0.505. The molecule has 0 heterocycles. The van der Waals surface area contributed by atoms with Gasteiger partial charge < -0.3 is 5.11 Å². The van der Waals surface area contributed by atoms with Crippen molar-refractivity contribution in [1.82, 2.24) is 0 Å². The minimum absolute atomic E-state index is 0.234. The first-order valence-corrected chi connectivity index (χ1v) is 4.50. The molecule has 0 aliphatic heterocycles. The Bertz CT molecular complexity index is 174. The molecule has 64 valence electrons. The van der Waals surface area contributed by atoms with E-state index >= 15 is 0 Å². The summed E-state index contributed by atoms with van der Waals surface area (Å²) in [5.74, 6) is 0.305. The Morgan fingerprint density at radius 3 is 2.36 bits per heavy atom. The van der Waals surface area contributed by atoms with Gasteiger partial charge in [0.15, 0.2) is 0 Å². The van der Waals surface area contributed by atoms with Crippen molar-refractivity contribution in [2.75, 3.05) is 5.88 Å². The fourth-order valence-electron chi connectivity index (χ4n) is 1.20. The lowest BCUT2D eigenvalue weighted by atomic mass is 9.77. The summed E-state index contributed by atoms with van der Waals surface area (Å²) in [6.45, 7) is 4.33. The molecule has 0 bridgehead atoms. The molecule has 0 aromatic carbocycles. The molecule has 1 nitrogen and oxygen atoms in total. The van der Waals surface area contributed by atoms with Gasteiger partial charge in [-0.25, -0.2) is 0 Å². The Morgan fingerprint density at radius 2 is 2.00 bits per heavy atom. The lowest BCUT2D eigenvalue weighted by molar-refractivity contribution is 0.0826. The van der Waals surface area contributed by atoms with E-state index in [1.54, 1.807) is 0 Å². The van der Waals surface area contributed by atoms with Crippen molar-refractivity contribution in [2.24, 2.45) is 5.41 Å². The number of rotatable bonds is 1. The Balaban J connectivity index is 2.70. The van der Waals surface area contributed by atoms with E-state index in [0.717, 1.165) is 12.8 Å². The van der Waals surface area contributed by atoms with Crippen LogP contribution in [0.3, 0.4) is 0 Å². The van der Waals surface area contributed by atoms with Crippen LogP contribution in [0.1, 0.15) is 26.7 Å². The molecule has 0 radical (unpaired) electrons. The second-order valence-electron chi connectivity index (χ2n) is 4.06. The zero-order valence-corrected chi connectivity index (χ0v) is 7.86. The van der Waals surface area contributed by atoms with Gasteiger partial charge in [-0.15, -0.1) is 11.6 Å². The molecule has 1 aliphatic carbocycles. The van der Waals surface area contributed by atoms with Gasteiger partial charge in [0.05, 0.1) is 11.5 Å². The summed E-state index contributed by atoms with van der Waals surface area (Å²) >= 11 is 5.61. The van der Waals surface area contributed by atoms with Gasteiger partial charge in [0.25, 0.3) is 0 Å². The summed E-state index contributed by atoms with van der Waals surface area (Å²) in [6.07, 6.45) is 5.68. The first-order valence-electron chi connectivity index (χ1n) is 3.96. The maximum absolute atomic E-state index is 9.69. The van der Waals surface area contributed by atoms with Gasteiger partial charge in [-0.1, -0.05) is 26.0 Å². The van der Waals surface area contributed by atoms with Gasteiger partial charge in [-0.2, -0.15) is 0 Å². The smallest absolute Gasteiger partial charge is 0.0963 e. The van der Waals surface area contributed by atoms with Crippen LogP contribution in [-0.2, 0) is 0 Å². The summed E-state index contributed by atoms with van der Waals surface area (Å²) in [6, 6.07) is 0. The lowest BCUT2D eigenvalue weighted by Crippen LogP contribution is -2.33. The van der Waals surface area contributed by atoms with Crippen LogP contribution in [0.5, 0.6) is 0 Å². The topological polar surface area (TPSA) is 20.2 Å². The van der Waals surface area contributed by atoms with E-state index in [1.807, 2.05) is 6.08 Å². The predicted molar refractivity (Wildman–Crippen MR) is 47.8 cm³/mol. The zero-order valence-electron chi connectivity index (χ0n) is 7.10. The van der Waals surface area contributed by atoms with E-state index in [0.29, 0.717) is 5.88 Å². The van der Waals surface area contributed by atoms with Crippen LogP contribution in [0.15, 0.2) is 12.2 Å². The van der Waals surface area contributed by atoms with Gasteiger partial charge in [0, 0.05) is 0 Å². The van der Waals surface area contributed by atoms with Crippen molar-refractivity contribution >= 4 is 11.6 Å². The fraction of sp³-hybridized carbons (Fsp3) is 0.778. The van der Waals surface area contributed by atoms with E-state index < -0.39 is 5.60 Å². The number of hydrogen-bond donors (Lipinski definition) is 1. The van der Waals surface area contributed by atoms with Crippen molar-refractivity contribution in [3.05, 3.63) is 12.2 Å². The molecule has 0 aromatic rings. The van der Waals surface area contributed by atoms with Crippen molar-refractivity contribution in [3.63, 3.8) is 0 Å². The Labute approximate surface area is 73.1 Å². The van der Waals surface area contributed by atoms with Crippen LogP contribution in [-0.4, -0.2) is 16.6 Å².